The fourth-order valence-electron chi connectivity index (χ4n) is 2.14. The van der Waals surface area contributed by atoms with Gasteiger partial charge in [0, 0.05) is 23.9 Å². The summed E-state index contributed by atoms with van der Waals surface area (Å²) in [5.74, 6) is 0. The Balaban J connectivity index is 2.30. The molecule has 0 amide bonds. The summed E-state index contributed by atoms with van der Waals surface area (Å²) in [6.45, 7) is 0. The molecule has 0 bridgehead atoms. The van der Waals surface area contributed by atoms with Crippen molar-refractivity contribution >= 4 is 29.2 Å². The molecule has 0 atom stereocenters. The largest absolute Gasteiger partial charge is 0.296 e. The number of hydrogen-bond donors (Lipinski definition) is 0. The Morgan fingerprint density at radius 1 is 1.29 bits per heavy atom. The number of nitrogens with zero attached hydrogens (tertiary/aromatic N) is 3. The van der Waals surface area contributed by atoms with E-state index in [-0.39, 0.29) is 5.69 Å². The van der Waals surface area contributed by atoms with Gasteiger partial charge in [-0.1, -0.05) is 23.7 Å². The van der Waals surface area contributed by atoms with Crippen molar-refractivity contribution in [3.63, 3.8) is 0 Å². The van der Waals surface area contributed by atoms with Crippen LogP contribution in [0.4, 0.5) is 5.69 Å². The molecule has 0 unspecified atom stereocenters. The molecule has 0 aliphatic rings. The minimum Gasteiger partial charge on any atom is -0.296 e. The van der Waals surface area contributed by atoms with Gasteiger partial charge < -0.3 is 0 Å². The third kappa shape index (κ3) is 2.15. The van der Waals surface area contributed by atoms with Gasteiger partial charge >= 0.3 is 0 Å². The van der Waals surface area contributed by atoms with Crippen molar-refractivity contribution in [2.45, 2.75) is 0 Å². The lowest BCUT2D eigenvalue weighted by atomic mass is 10.1. The van der Waals surface area contributed by atoms with Crippen LogP contribution in [-0.4, -0.2) is 20.6 Å². The quantitative estimate of drug-likeness (QED) is 0.422. The standard InChI is InChI=1S/C14H8ClN3O3/c15-11-5-2-6-17-12(8-19)13(16-14(11)17)9-3-1-4-10(7-9)18(20)21/h1-8H. The zero-order valence-electron chi connectivity index (χ0n) is 10.6. The van der Waals surface area contributed by atoms with Crippen LogP contribution in [0.1, 0.15) is 10.5 Å². The first kappa shape index (κ1) is 13.3. The van der Waals surface area contributed by atoms with Crippen LogP contribution in [0.15, 0.2) is 42.6 Å². The lowest BCUT2D eigenvalue weighted by Crippen LogP contribution is -1.93. The number of imidazole rings is 1. The van der Waals surface area contributed by atoms with Crippen LogP contribution in [0, 0.1) is 10.1 Å². The summed E-state index contributed by atoms with van der Waals surface area (Å²) in [5.41, 5.74) is 1.52. The number of aromatic nitrogens is 2. The molecule has 3 aromatic rings. The molecule has 2 aromatic heterocycles. The topological polar surface area (TPSA) is 77.5 Å². The highest BCUT2D eigenvalue weighted by molar-refractivity contribution is 6.33. The van der Waals surface area contributed by atoms with Gasteiger partial charge in [-0.25, -0.2) is 4.98 Å². The molecule has 0 fully saturated rings. The molecule has 2 heterocycles. The molecule has 0 radical (unpaired) electrons. The molecule has 0 aliphatic heterocycles. The van der Waals surface area contributed by atoms with Crippen molar-refractivity contribution in [1.29, 1.82) is 0 Å². The van der Waals surface area contributed by atoms with E-state index in [9.17, 15) is 14.9 Å². The van der Waals surface area contributed by atoms with E-state index in [0.717, 1.165) is 0 Å². The molecule has 104 valence electrons. The van der Waals surface area contributed by atoms with Crippen LogP contribution in [0.25, 0.3) is 16.9 Å². The summed E-state index contributed by atoms with van der Waals surface area (Å²) in [7, 11) is 0. The van der Waals surface area contributed by atoms with Gasteiger partial charge in [0.15, 0.2) is 11.9 Å². The van der Waals surface area contributed by atoms with E-state index in [1.165, 1.54) is 12.1 Å². The Hall–Kier alpha value is -2.73. The molecule has 0 spiro atoms. The van der Waals surface area contributed by atoms with Crippen molar-refractivity contribution in [3.05, 3.63) is 63.4 Å². The molecule has 0 saturated carbocycles. The number of halogens is 1. The van der Waals surface area contributed by atoms with Crippen LogP contribution in [0.3, 0.4) is 0 Å². The molecule has 21 heavy (non-hydrogen) atoms. The average Bonchev–Trinajstić information content (AvgIpc) is 2.87. The number of aldehydes is 1. The zero-order valence-corrected chi connectivity index (χ0v) is 11.3. The number of pyridine rings is 1. The molecular formula is C14H8ClN3O3. The fraction of sp³-hybridized carbons (Fsp3) is 0. The maximum atomic E-state index is 11.4. The second kappa shape index (κ2) is 4.99. The van der Waals surface area contributed by atoms with Gasteiger partial charge in [-0.05, 0) is 12.1 Å². The Labute approximate surface area is 123 Å². The SMILES string of the molecule is O=Cc1c(-c2cccc([N+](=O)[O-])c2)nc2c(Cl)cccn12. The summed E-state index contributed by atoms with van der Waals surface area (Å²) in [4.78, 5) is 26.1. The number of non-ortho nitro benzene ring substituents is 1. The van der Waals surface area contributed by atoms with Gasteiger partial charge in [-0.3, -0.25) is 19.3 Å². The molecule has 7 heteroatoms. The van der Waals surface area contributed by atoms with Crippen molar-refractivity contribution in [2.24, 2.45) is 0 Å². The van der Waals surface area contributed by atoms with E-state index >= 15 is 0 Å². The van der Waals surface area contributed by atoms with E-state index in [1.54, 1.807) is 34.9 Å². The van der Waals surface area contributed by atoms with E-state index < -0.39 is 4.92 Å². The zero-order chi connectivity index (χ0) is 15.0. The normalized spacial score (nSPS) is 10.7. The number of fused-ring (bicyclic) bond motifs is 1. The first-order chi connectivity index (χ1) is 10.1. The molecular weight excluding hydrogens is 294 g/mol. The Morgan fingerprint density at radius 2 is 2.10 bits per heavy atom. The monoisotopic (exact) mass is 301 g/mol. The van der Waals surface area contributed by atoms with E-state index in [0.29, 0.717) is 33.9 Å². The Kier molecular flexibility index (Phi) is 3.15. The summed E-state index contributed by atoms with van der Waals surface area (Å²) < 4.78 is 1.56. The lowest BCUT2D eigenvalue weighted by molar-refractivity contribution is -0.384. The first-order valence-electron chi connectivity index (χ1n) is 5.98. The highest BCUT2D eigenvalue weighted by atomic mass is 35.5. The smallest absolute Gasteiger partial charge is 0.270 e. The first-order valence-corrected chi connectivity index (χ1v) is 6.36. The van der Waals surface area contributed by atoms with Gasteiger partial charge in [0.25, 0.3) is 5.69 Å². The highest BCUT2D eigenvalue weighted by Crippen LogP contribution is 2.28. The van der Waals surface area contributed by atoms with Crippen molar-refractivity contribution in [3.8, 4) is 11.3 Å². The number of nitro benzene ring substituents is 1. The third-order valence-corrected chi connectivity index (χ3v) is 3.38. The number of carbonyl (C=O) groups is 1. The predicted molar refractivity (Wildman–Crippen MR) is 77.7 cm³/mol. The molecule has 6 nitrogen and oxygen atoms in total. The van der Waals surface area contributed by atoms with Crippen LogP contribution < -0.4 is 0 Å². The van der Waals surface area contributed by atoms with Gasteiger partial charge in [-0.15, -0.1) is 0 Å². The highest BCUT2D eigenvalue weighted by Gasteiger charge is 2.17. The molecule has 0 saturated heterocycles. The number of rotatable bonds is 3. The minimum atomic E-state index is -0.493. The van der Waals surface area contributed by atoms with Crippen LogP contribution >= 0.6 is 11.6 Å². The molecule has 1 aromatic carbocycles. The van der Waals surface area contributed by atoms with Crippen LogP contribution in [0.5, 0.6) is 0 Å². The predicted octanol–water partition coefficient (Wildman–Crippen LogP) is 3.38. The second-order valence-corrected chi connectivity index (χ2v) is 4.73. The number of carbonyl (C=O) groups excluding carboxylic acids is 1. The van der Waals surface area contributed by atoms with E-state index in [4.69, 9.17) is 11.6 Å². The van der Waals surface area contributed by atoms with E-state index in [1.807, 2.05) is 0 Å². The Bertz CT molecular complexity index is 873. The average molecular weight is 302 g/mol. The summed E-state index contributed by atoms with van der Waals surface area (Å²) >= 11 is 6.06. The Morgan fingerprint density at radius 3 is 2.81 bits per heavy atom. The van der Waals surface area contributed by atoms with Crippen LogP contribution in [0.2, 0.25) is 5.02 Å². The fourth-order valence-corrected chi connectivity index (χ4v) is 2.35. The molecule has 0 aliphatic carbocycles. The van der Waals surface area contributed by atoms with Gasteiger partial charge in [0.2, 0.25) is 0 Å². The molecule has 0 N–H and O–H groups in total. The van der Waals surface area contributed by atoms with Crippen LogP contribution in [-0.2, 0) is 0 Å². The lowest BCUT2D eigenvalue weighted by Gasteiger charge is -1.99. The van der Waals surface area contributed by atoms with Crippen molar-refractivity contribution in [2.75, 3.05) is 0 Å². The minimum absolute atomic E-state index is 0.0625. The second-order valence-electron chi connectivity index (χ2n) is 4.32. The van der Waals surface area contributed by atoms with E-state index in [2.05, 4.69) is 4.98 Å². The van der Waals surface area contributed by atoms with Gasteiger partial charge in [0.1, 0.15) is 11.4 Å². The molecule has 3 rings (SSSR count). The summed E-state index contributed by atoms with van der Waals surface area (Å²) in [6.07, 6.45) is 2.32. The van der Waals surface area contributed by atoms with Crippen molar-refractivity contribution in [1.82, 2.24) is 9.38 Å². The van der Waals surface area contributed by atoms with Crippen molar-refractivity contribution < 1.29 is 9.72 Å². The third-order valence-electron chi connectivity index (χ3n) is 3.08. The van der Waals surface area contributed by atoms with Gasteiger partial charge in [-0.2, -0.15) is 0 Å². The summed E-state index contributed by atoms with van der Waals surface area (Å²) in [6, 6.07) is 9.33. The summed E-state index contributed by atoms with van der Waals surface area (Å²) in [5, 5.41) is 11.3. The maximum absolute atomic E-state index is 11.4. The number of benzene rings is 1. The number of hydrogen-bond acceptors (Lipinski definition) is 4. The maximum Gasteiger partial charge on any atom is 0.270 e. The number of nitro groups is 1. The van der Waals surface area contributed by atoms with Gasteiger partial charge in [0.05, 0.1) is 9.95 Å².